The molecule has 0 saturated carbocycles. The van der Waals surface area contributed by atoms with Crippen LogP contribution in [0, 0.1) is 0 Å². The lowest BCUT2D eigenvalue weighted by atomic mass is 9.84. The predicted octanol–water partition coefficient (Wildman–Crippen LogP) is 5.21. The minimum absolute atomic E-state index is 0.0772. The first kappa shape index (κ1) is 24.6. The fraction of sp³-hybridized carbons (Fsp3) is 0.385. The molecule has 180 valence electrons. The van der Waals surface area contributed by atoms with Crippen molar-refractivity contribution in [1.82, 2.24) is 4.90 Å². The first-order valence-corrected chi connectivity index (χ1v) is 12.2. The molecule has 1 saturated heterocycles. The van der Waals surface area contributed by atoms with Gasteiger partial charge in [0, 0.05) is 53.7 Å². The molecule has 2 heterocycles. The molecule has 2 aromatic carbocycles. The highest BCUT2D eigenvalue weighted by Crippen LogP contribution is 2.46. The van der Waals surface area contributed by atoms with Gasteiger partial charge in [-0.05, 0) is 49.2 Å². The molecule has 2 aliphatic rings. The maximum Gasteiger partial charge on any atom is 0.255 e. The van der Waals surface area contributed by atoms with Gasteiger partial charge in [0.05, 0.1) is 6.61 Å². The Labute approximate surface area is 209 Å². The average Bonchev–Trinajstić information content (AvgIpc) is 3.49. The summed E-state index contributed by atoms with van der Waals surface area (Å²) in [7, 11) is 0. The van der Waals surface area contributed by atoms with E-state index in [1.807, 2.05) is 29.2 Å². The van der Waals surface area contributed by atoms with Crippen LogP contribution in [0.2, 0.25) is 10.0 Å². The van der Waals surface area contributed by atoms with E-state index in [1.54, 1.807) is 24.3 Å². The highest BCUT2D eigenvalue weighted by atomic mass is 35.5. The van der Waals surface area contributed by atoms with Gasteiger partial charge in [0.2, 0.25) is 5.90 Å². The lowest BCUT2D eigenvalue weighted by Gasteiger charge is -2.33. The summed E-state index contributed by atoms with van der Waals surface area (Å²) in [4.78, 5) is 20.7. The van der Waals surface area contributed by atoms with Crippen LogP contribution >= 0.6 is 23.2 Å². The van der Waals surface area contributed by atoms with Gasteiger partial charge >= 0.3 is 0 Å². The summed E-state index contributed by atoms with van der Waals surface area (Å²) in [5.74, 6) is 0.964. The Hall–Kier alpha value is -2.54. The van der Waals surface area contributed by atoms with E-state index in [2.05, 4.69) is 6.58 Å². The van der Waals surface area contributed by atoms with E-state index in [0.717, 1.165) is 18.4 Å². The molecule has 4 rings (SSSR count). The molecular formula is C26H28Cl2N2O4. The number of carbonyl (C=O) groups is 1. The molecule has 2 atom stereocenters. The SMILES string of the molecule is C=CC[C@@]1(C(=O)N2CCCC2)N=C(c2ccc(OCCCO)cc2)O[C@@H]1c1ccc(Cl)cc1Cl. The second kappa shape index (κ2) is 10.8. The smallest absolute Gasteiger partial charge is 0.255 e. The van der Waals surface area contributed by atoms with E-state index < -0.39 is 11.6 Å². The number of benzene rings is 2. The zero-order chi connectivity index (χ0) is 24.1. The van der Waals surface area contributed by atoms with Crippen LogP contribution < -0.4 is 4.74 Å². The maximum absolute atomic E-state index is 13.9. The molecule has 8 heteroatoms. The third-order valence-corrected chi connectivity index (χ3v) is 6.66. The fourth-order valence-corrected chi connectivity index (χ4v) is 4.91. The van der Waals surface area contributed by atoms with Gasteiger partial charge in [-0.25, -0.2) is 4.99 Å². The molecular weight excluding hydrogens is 475 g/mol. The first-order chi connectivity index (χ1) is 16.5. The van der Waals surface area contributed by atoms with Crippen LogP contribution in [-0.4, -0.2) is 53.7 Å². The average molecular weight is 503 g/mol. The molecule has 1 N–H and O–H groups in total. The lowest BCUT2D eigenvalue weighted by molar-refractivity contribution is -0.138. The minimum atomic E-state index is -1.21. The molecule has 6 nitrogen and oxygen atoms in total. The monoisotopic (exact) mass is 502 g/mol. The normalized spacial score (nSPS) is 21.8. The molecule has 0 aromatic heterocycles. The minimum Gasteiger partial charge on any atom is -0.494 e. The molecule has 2 aliphatic heterocycles. The van der Waals surface area contributed by atoms with E-state index in [4.69, 9.17) is 42.8 Å². The highest BCUT2D eigenvalue weighted by molar-refractivity contribution is 6.35. The first-order valence-electron chi connectivity index (χ1n) is 11.4. The number of nitrogens with zero attached hydrogens (tertiary/aromatic N) is 2. The molecule has 0 radical (unpaired) electrons. The lowest BCUT2D eigenvalue weighted by Crippen LogP contribution is -2.49. The Morgan fingerprint density at radius 2 is 1.97 bits per heavy atom. The van der Waals surface area contributed by atoms with Crippen molar-refractivity contribution in [3.05, 3.63) is 76.3 Å². The van der Waals surface area contributed by atoms with Crippen molar-refractivity contribution in [2.45, 2.75) is 37.3 Å². The van der Waals surface area contributed by atoms with Crippen molar-refractivity contribution in [2.24, 2.45) is 4.99 Å². The number of amides is 1. The predicted molar refractivity (Wildman–Crippen MR) is 134 cm³/mol. The molecule has 0 bridgehead atoms. The van der Waals surface area contributed by atoms with Crippen molar-refractivity contribution in [2.75, 3.05) is 26.3 Å². The van der Waals surface area contributed by atoms with Gasteiger partial charge in [0.1, 0.15) is 5.75 Å². The summed E-state index contributed by atoms with van der Waals surface area (Å²) < 4.78 is 12.0. The van der Waals surface area contributed by atoms with Crippen LogP contribution in [0.15, 0.2) is 60.1 Å². The standard InChI is InChI=1S/C26H28Cl2N2O4/c1-2-12-26(25(32)30-13-3-4-14-30)23(21-11-8-19(27)17-22(21)28)34-24(29-26)18-6-9-20(10-7-18)33-16-5-15-31/h2,6-11,17,23,31H,1,3-5,12-16H2/t23-,26-/m1/s1. The second-order valence-corrected chi connectivity index (χ2v) is 9.29. The van der Waals surface area contributed by atoms with Gasteiger partial charge in [-0.15, -0.1) is 6.58 Å². The van der Waals surface area contributed by atoms with Crippen molar-refractivity contribution in [1.29, 1.82) is 0 Å². The summed E-state index contributed by atoms with van der Waals surface area (Å²) in [5.41, 5.74) is 0.169. The van der Waals surface area contributed by atoms with Crippen LogP contribution in [0.3, 0.4) is 0 Å². The number of hydrogen-bond donors (Lipinski definition) is 1. The van der Waals surface area contributed by atoms with E-state index in [9.17, 15) is 4.79 Å². The van der Waals surface area contributed by atoms with Crippen LogP contribution in [0.4, 0.5) is 0 Å². The van der Waals surface area contributed by atoms with Gasteiger partial charge in [-0.1, -0.05) is 35.3 Å². The summed E-state index contributed by atoms with van der Waals surface area (Å²) in [6, 6.07) is 12.5. The Morgan fingerprint density at radius 1 is 1.24 bits per heavy atom. The van der Waals surface area contributed by atoms with Crippen molar-refractivity contribution >= 4 is 35.0 Å². The molecule has 1 fully saturated rings. The van der Waals surface area contributed by atoms with Crippen molar-refractivity contribution < 1.29 is 19.4 Å². The number of aliphatic hydroxyl groups is 1. The highest BCUT2D eigenvalue weighted by Gasteiger charge is 2.54. The Balaban J connectivity index is 1.73. The summed E-state index contributed by atoms with van der Waals surface area (Å²) >= 11 is 12.7. The Kier molecular flexibility index (Phi) is 7.81. The molecule has 0 aliphatic carbocycles. The molecule has 0 spiro atoms. The Morgan fingerprint density at radius 3 is 2.62 bits per heavy atom. The van der Waals surface area contributed by atoms with E-state index in [1.165, 1.54) is 0 Å². The maximum atomic E-state index is 13.9. The molecule has 2 aromatic rings. The molecule has 0 unspecified atom stereocenters. The topological polar surface area (TPSA) is 71.4 Å². The third-order valence-electron chi connectivity index (χ3n) is 6.10. The van der Waals surface area contributed by atoms with Crippen LogP contribution in [0.1, 0.15) is 42.9 Å². The van der Waals surface area contributed by atoms with Crippen molar-refractivity contribution in [3.63, 3.8) is 0 Å². The van der Waals surface area contributed by atoms with E-state index in [0.29, 0.717) is 59.8 Å². The second-order valence-electron chi connectivity index (χ2n) is 8.45. The Bertz CT molecular complexity index is 1070. The van der Waals surface area contributed by atoms with E-state index >= 15 is 0 Å². The number of aliphatic imine (C=N–C) groups is 1. The number of likely N-dealkylation sites (tertiary alicyclic amines) is 1. The number of carbonyl (C=O) groups excluding carboxylic acids is 1. The number of aliphatic hydroxyl groups excluding tert-OH is 1. The van der Waals surface area contributed by atoms with Gasteiger partial charge < -0.3 is 19.5 Å². The van der Waals surface area contributed by atoms with Gasteiger partial charge in [0.15, 0.2) is 11.6 Å². The van der Waals surface area contributed by atoms with Crippen LogP contribution in [0.5, 0.6) is 5.75 Å². The quantitative estimate of drug-likeness (QED) is 0.377. The zero-order valence-corrected chi connectivity index (χ0v) is 20.4. The summed E-state index contributed by atoms with van der Waals surface area (Å²) in [5, 5.41) is 9.86. The number of rotatable bonds is 9. The number of hydrogen-bond acceptors (Lipinski definition) is 5. The van der Waals surface area contributed by atoms with Gasteiger partial charge in [-0.3, -0.25) is 4.79 Å². The summed E-state index contributed by atoms with van der Waals surface area (Å²) in [6.45, 7) is 5.80. The largest absolute Gasteiger partial charge is 0.494 e. The zero-order valence-electron chi connectivity index (χ0n) is 18.9. The number of ether oxygens (including phenoxy) is 2. The molecule has 1 amide bonds. The van der Waals surface area contributed by atoms with Gasteiger partial charge in [0.25, 0.3) is 5.91 Å². The van der Waals surface area contributed by atoms with Gasteiger partial charge in [-0.2, -0.15) is 0 Å². The molecule has 34 heavy (non-hydrogen) atoms. The van der Waals surface area contributed by atoms with Crippen molar-refractivity contribution in [3.8, 4) is 5.75 Å². The van der Waals surface area contributed by atoms with Crippen LogP contribution in [-0.2, 0) is 9.53 Å². The summed E-state index contributed by atoms with van der Waals surface area (Å²) in [6.07, 6.45) is 3.79. The van der Waals surface area contributed by atoms with Crippen LogP contribution in [0.25, 0.3) is 0 Å². The third kappa shape index (κ3) is 4.95. The fourth-order valence-electron chi connectivity index (χ4n) is 4.41. The number of halogens is 2. The van der Waals surface area contributed by atoms with E-state index in [-0.39, 0.29) is 12.5 Å².